The summed E-state index contributed by atoms with van der Waals surface area (Å²) in [5, 5.41) is 4.36. The first kappa shape index (κ1) is 48.8. The summed E-state index contributed by atoms with van der Waals surface area (Å²) in [4.78, 5) is 14.0. The van der Waals surface area contributed by atoms with Crippen LogP contribution in [0.2, 0.25) is 3.34 Å². The van der Waals surface area contributed by atoms with Crippen molar-refractivity contribution in [3.8, 4) is 0 Å². The molecule has 3 aromatic rings. The quantitative estimate of drug-likeness (QED) is 0.164. The first-order chi connectivity index (χ1) is 23.1. The zero-order valence-corrected chi connectivity index (χ0v) is 40.6. The normalized spacial score (nSPS) is 13.6. The van der Waals surface area contributed by atoms with Crippen LogP contribution in [0, 0.1) is 20.8 Å². The second kappa shape index (κ2) is 17.7. The molecule has 6 nitrogen and oxygen atoms in total. The van der Waals surface area contributed by atoms with Gasteiger partial charge in [-0.25, -0.2) is 0 Å². The van der Waals surface area contributed by atoms with Crippen molar-refractivity contribution >= 4 is 57.8 Å². The number of allylic oxidation sites excluding steroid dienone is 4. The van der Waals surface area contributed by atoms with E-state index < -0.39 is 8.07 Å². The second-order valence-electron chi connectivity index (χ2n) is 15.7. The fraction of sp³-hybridized carbons (Fsp3) is 0.476. The van der Waals surface area contributed by atoms with Crippen LogP contribution in [0.3, 0.4) is 0 Å². The van der Waals surface area contributed by atoms with Gasteiger partial charge in [0.2, 0.25) is 0 Å². The number of halogens is 3. The molecule has 0 fully saturated rings. The van der Waals surface area contributed by atoms with Gasteiger partial charge in [-0.05, 0) is 0 Å². The predicted octanol–water partition coefficient (Wildman–Crippen LogP) is -2.58. The second-order valence-corrected chi connectivity index (χ2v) is 21.5. The van der Waals surface area contributed by atoms with E-state index in [0.717, 1.165) is 0 Å². The third-order valence-electron chi connectivity index (χ3n) is 11.6. The summed E-state index contributed by atoms with van der Waals surface area (Å²) < 4.78 is -0.286. The molecule has 0 amide bonds. The number of benzene rings is 3. The molecular formula is C42H63Cl3N6SiTi. The Labute approximate surface area is 354 Å². The first-order valence-electron chi connectivity index (χ1n) is 17.7. The molecule has 290 valence electrons. The SMILES string of the molecule is CC1=C(C)[C]([Ti+3])([Si](c2ccc(N(C)C)c(C)c2N(C)C)(c2ccc(N(C)C)c(C)c2N(C)C)c2ccc(N(C)C)c(C)c2N(C)C)C(C)=C1C.[Cl-].[Cl-].[Cl-]. The Morgan fingerprint density at radius 3 is 0.811 bits per heavy atom. The van der Waals surface area contributed by atoms with E-state index in [0.29, 0.717) is 0 Å². The van der Waals surface area contributed by atoms with Gasteiger partial charge in [-0.15, -0.1) is 0 Å². The molecule has 0 N–H and O–H groups in total. The molecular weight excluding hydrogens is 771 g/mol. The maximum atomic E-state index is 2.60. The standard InChI is InChI=1S/C42H63N6Si.3ClH.Ti/c1-26-27(2)29(4)42(28(26)3)49(36-23-20-33(43(8)9)30(5)39(36)46(14)15,37-24-21-34(44(10)11)31(6)40(37)47(16)17)38-25-22-35(45(12)13)32(7)41(38)48(18)19;;;;/h20-25H,1-19H3;3*1H;/q;;;;+3/p-3. The minimum atomic E-state index is -3.21. The number of rotatable bonds is 10. The van der Waals surface area contributed by atoms with Crippen molar-refractivity contribution in [1.29, 1.82) is 0 Å². The van der Waals surface area contributed by atoms with E-state index in [2.05, 4.69) is 219 Å². The van der Waals surface area contributed by atoms with Crippen molar-refractivity contribution in [2.45, 2.75) is 51.8 Å². The van der Waals surface area contributed by atoms with Crippen molar-refractivity contribution in [3.05, 3.63) is 75.4 Å². The topological polar surface area (TPSA) is 19.4 Å². The fourth-order valence-corrected chi connectivity index (χ4v) is 18.5. The fourth-order valence-electron chi connectivity index (χ4n) is 9.17. The summed E-state index contributed by atoms with van der Waals surface area (Å²) in [7, 11) is 23.2. The molecule has 0 radical (unpaired) electrons. The van der Waals surface area contributed by atoms with Crippen LogP contribution in [0.5, 0.6) is 0 Å². The molecule has 0 heterocycles. The van der Waals surface area contributed by atoms with Crippen molar-refractivity contribution in [2.24, 2.45) is 0 Å². The molecule has 0 unspecified atom stereocenters. The average Bonchev–Trinajstić information content (AvgIpc) is 3.16. The Hall–Kier alpha value is -2.26. The Balaban J connectivity index is 0.00000468. The zero-order valence-electron chi connectivity index (χ0n) is 35.8. The van der Waals surface area contributed by atoms with Gasteiger partial charge in [-0.3, -0.25) is 0 Å². The maximum absolute atomic E-state index is 3.21. The molecule has 0 aromatic heterocycles. The van der Waals surface area contributed by atoms with Gasteiger partial charge in [0.25, 0.3) is 0 Å². The van der Waals surface area contributed by atoms with Crippen molar-refractivity contribution in [1.82, 2.24) is 0 Å². The van der Waals surface area contributed by atoms with Crippen LogP contribution in [0.4, 0.5) is 34.1 Å². The summed E-state index contributed by atoms with van der Waals surface area (Å²) in [6.45, 7) is 16.5. The molecule has 11 heteroatoms. The molecule has 0 aliphatic heterocycles. The van der Waals surface area contributed by atoms with Gasteiger partial charge in [-0.1, -0.05) is 0 Å². The number of hydrogen-bond acceptors (Lipinski definition) is 6. The van der Waals surface area contributed by atoms with Crippen LogP contribution in [0.1, 0.15) is 44.4 Å². The van der Waals surface area contributed by atoms with E-state index in [1.165, 1.54) is 88.7 Å². The maximum Gasteiger partial charge on any atom is -1.00 e. The average molecular weight is 834 g/mol. The van der Waals surface area contributed by atoms with E-state index in [1.54, 1.807) is 0 Å². The van der Waals surface area contributed by atoms with Gasteiger partial charge in [0.15, 0.2) is 0 Å². The van der Waals surface area contributed by atoms with Gasteiger partial charge in [0, 0.05) is 0 Å². The molecule has 0 saturated heterocycles. The number of hydrogen-bond donors (Lipinski definition) is 0. The largest absolute Gasteiger partial charge is 1.00 e. The van der Waals surface area contributed by atoms with Crippen LogP contribution in [-0.4, -0.2) is 92.6 Å². The van der Waals surface area contributed by atoms with Gasteiger partial charge < -0.3 is 37.2 Å². The Bertz CT molecular complexity index is 1690. The van der Waals surface area contributed by atoms with E-state index in [4.69, 9.17) is 0 Å². The summed E-state index contributed by atoms with van der Waals surface area (Å²) in [5.41, 5.74) is 17.5. The molecule has 53 heavy (non-hydrogen) atoms. The predicted molar refractivity (Wildman–Crippen MR) is 224 cm³/mol. The molecule has 0 atom stereocenters. The summed E-state index contributed by atoms with van der Waals surface area (Å²) >= 11 is 2.60. The van der Waals surface area contributed by atoms with E-state index >= 15 is 0 Å². The van der Waals surface area contributed by atoms with E-state index in [-0.39, 0.29) is 40.6 Å². The molecule has 0 saturated carbocycles. The van der Waals surface area contributed by atoms with Crippen LogP contribution < -0.4 is 82.2 Å². The van der Waals surface area contributed by atoms with Gasteiger partial charge in [0.1, 0.15) is 0 Å². The van der Waals surface area contributed by atoms with E-state index in [9.17, 15) is 0 Å². The molecule has 0 bridgehead atoms. The Morgan fingerprint density at radius 2 is 0.623 bits per heavy atom. The first-order valence-corrected chi connectivity index (χ1v) is 20.5. The number of nitrogens with zero attached hydrogens (tertiary/aromatic N) is 6. The van der Waals surface area contributed by atoms with Gasteiger partial charge >= 0.3 is 319 Å². The van der Waals surface area contributed by atoms with E-state index in [1.807, 2.05) is 0 Å². The minimum Gasteiger partial charge on any atom is -1.00 e. The summed E-state index contributed by atoms with van der Waals surface area (Å²) in [5.74, 6) is 0. The third-order valence-corrected chi connectivity index (χ3v) is 20.0. The van der Waals surface area contributed by atoms with Gasteiger partial charge in [0.05, 0.1) is 0 Å². The monoisotopic (exact) mass is 832 g/mol. The minimum absolute atomic E-state index is 0. The smallest absolute Gasteiger partial charge is 1.00 e. The molecule has 0 spiro atoms. The number of anilines is 6. The third kappa shape index (κ3) is 7.40. The van der Waals surface area contributed by atoms with Crippen LogP contribution >= 0.6 is 0 Å². The molecule has 1 aliphatic carbocycles. The van der Waals surface area contributed by atoms with Crippen molar-refractivity contribution in [3.63, 3.8) is 0 Å². The molecule has 3 aromatic carbocycles. The molecule has 1 aliphatic rings. The zero-order chi connectivity index (χ0) is 37.9. The summed E-state index contributed by atoms with van der Waals surface area (Å²) in [6.07, 6.45) is 0. The Kier molecular flexibility index (Phi) is 16.3. The molecule has 4 rings (SSSR count). The van der Waals surface area contributed by atoms with Crippen LogP contribution in [0.15, 0.2) is 58.7 Å². The van der Waals surface area contributed by atoms with Crippen molar-refractivity contribution in [2.75, 3.05) is 114 Å². The van der Waals surface area contributed by atoms with Crippen molar-refractivity contribution < 1.29 is 57.7 Å². The Morgan fingerprint density at radius 1 is 0.396 bits per heavy atom. The summed E-state index contributed by atoms with van der Waals surface area (Å²) in [6, 6.07) is 14.7. The van der Waals surface area contributed by atoms with Crippen LogP contribution in [-0.2, 0) is 20.4 Å². The van der Waals surface area contributed by atoms with Gasteiger partial charge in [-0.2, -0.15) is 0 Å². The van der Waals surface area contributed by atoms with Crippen LogP contribution in [0.25, 0.3) is 0 Å².